The summed E-state index contributed by atoms with van der Waals surface area (Å²) < 4.78 is 3.59. The molecule has 5 aromatic rings. The molecule has 0 aliphatic carbocycles. The van der Waals surface area contributed by atoms with E-state index in [0.29, 0.717) is 5.02 Å². The summed E-state index contributed by atoms with van der Waals surface area (Å²) in [7, 11) is 3.72. The van der Waals surface area contributed by atoms with Crippen LogP contribution in [0.3, 0.4) is 0 Å². The van der Waals surface area contributed by atoms with Crippen molar-refractivity contribution in [2.45, 2.75) is 5.54 Å². The van der Waals surface area contributed by atoms with Gasteiger partial charge >= 0.3 is 0 Å². The SMILES string of the molecule is Cn1cncc1[C@@](N)(c1ccc(Cl)cc1)c1ccc2c(c1)c(-c1ccccc1)cc(=O)n2C. The minimum absolute atomic E-state index is 0.0579. The first kappa shape index (κ1) is 21.2. The minimum atomic E-state index is -0.979. The second-order valence-corrected chi connectivity index (χ2v) is 8.69. The van der Waals surface area contributed by atoms with Crippen LogP contribution in [0.2, 0.25) is 5.02 Å². The summed E-state index contributed by atoms with van der Waals surface area (Å²) >= 11 is 6.17. The lowest BCUT2D eigenvalue weighted by atomic mass is 9.80. The van der Waals surface area contributed by atoms with Crippen LogP contribution in [0.5, 0.6) is 0 Å². The number of halogens is 1. The molecule has 0 aliphatic rings. The van der Waals surface area contributed by atoms with Gasteiger partial charge in [-0.1, -0.05) is 60.1 Å². The molecular formula is C27H23ClN4O. The number of rotatable bonds is 4. The molecule has 5 nitrogen and oxygen atoms in total. The smallest absolute Gasteiger partial charge is 0.251 e. The Morgan fingerprint density at radius 3 is 2.27 bits per heavy atom. The van der Waals surface area contributed by atoms with Gasteiger partial charge in [0.05, 0.1) is 23.7 Å². The zero-order chi connectivity index (χ0) is 23.2. The number of fused-ring (bicyclic) bond motifs is 1. The van der Waals surface area contributed by atoms with Gasteiger partial charge in [0.1, 0.15) is 5.54 Å². The van der Waals surface area contributed by atoms with Crippen molar-refractivity contribution in [3.63, 3.8) is 0 Å². The number of nitrogens with two attached hydrogens (primary N) is 1. The Kier molecular flexibility index (Phi) is 5.16. The van der Waals surface area contributed by atoms with E-state index in [-0.39, 0.29) is 5.56 Å². The lowest BCUT2D eigenvalue weighted by Gasteiger charge is -2.31. The summed E-state index contributed by atoms with van der Waals surface area (Å²) in [4.78, 5) is 17.0. The van der Waals surface area contributed by atoms with Gasteiger partial charge in [0.15, 0.2) is 0 Å². The highest BCUT2D eigenvalue weighted by Crippen LogP contribution is 2.37. The predicted octanol–water partition coefficient (Wildman–Crippen LogP) is 4.84. The number of hydrogen-bond donors (Lipinski definition) is 1. The Labute approximate surface area is 196 Å². The van der Waals surface area contributed by atoms with Crippen LogP contribution in [-0.4, -0.2) is 14.1 Å². The first-order chi connectivity index (χ1) is 15.9. The van der Waals surface area contributed by atoms with E-state index in [1.54, 1.807) is 30.2 Å². The Morgan fingerprint density at radius 1 is 0.909 bits per heavy atom. The van der Waals surface area contributed by atoms with E-state index in [9.17, 15) is 4.79 Å². The molecule has 0 aliphatic heterocycles. The number of imidazole rings is 1. The van der Waals surface area contributed by atoms with E-state index < -0.39 is 5.54 Å². The van der Waals surface area contributed by atoms with Crippen LogP contribution in [-0.2, 0) is 19.6 Å². The number of aryl methyl sites for hydroxylation is 2. The van der Waals surface area contributed by atoms with Crippen molar-refractivity contribution in [2.75, 3.05) is 0 Å². The molecule has 0 spiro atoms. The standard InChI is InChI=1S/C27H23ClN4O/c1-31-17-30-16-25(31)27(29,19-8-11-21(28)12-9-19)20-10-13-24-23(14-20)22(15-26(33)32(24)2)18-6-4-3-5-7-18/h3-17H,29H2,1-2H3/t27-/m1/s1. The van der Waals surface area contributed by atoms with E-state index in [1.807, 2.05) is 78.3 Å². The highest BCUT2D eigenvalue weighted by molar-refractivity contribution is 6.30. The van der Waals surface area contributed by atoms with E-state index in [0.717, 1.165) is 38.9 Å². The molecule has 0 saturated heterocycles. The van der Waals surface area contributed by atoms with E-state index in [2.05, 4.69) is 11.1 Å². The maximum atomic E-state index is 12.7. The van der Waals surface area contributed by atoms with E-state index >= 15 is 0 Å². The van der Waals surface area contributed by atoms with Crippen molar-refractivity contribution in [1.82, 2.24) is 14.1 Å². The molecule has 0 bridgehead atoms. The fourth-order valence-corrected chi connectivity index (χ4v) is 4.60. The molecule has 6 heteroatoms. The number of aromatic nitrogens is 3. The largest absolute Gasteiger partial charge is 0.336 e. The van der Waals surface area contributed by atoms with Crippen molar-refractivity contribution in [3.05, 3.63) is 124 Å². The van der Waals surface area contributed by atoms with Gasteiger partial charge in [-0.2, -0.15) is 0 Å². The van der Waals surface area contributed by atoms with Gasteiger partial charge < -0.3 is 14.9 Å². The molecule has 1 atom stereocenters. The highest BCUT2D eigenvalue weighted by atomic mass is 35.5. The summed E-state index contributed by atoms with van der Waals surface area (Å²) in [6, 6.07) is 25.2. The van der Waals surface area contributed by atoms with E-state index in [4.69, 9.17) is 17.3 Å². The topological polar surface area (TPSA) is 65.8 Å². The van der Waals surface area contributed by atoms with Gasteiger partial charge in [-0.05, 0) is 46.5 Å². The predicted molar refractivity (Wildman–Crippen MR) is 133 cm³/mol. The maximum absolute atomic E-state index is 12.7. The Balaban J connectivity index is 1.84. The van der Waals surface area contributed by atoms with Gasteiger partial charge in [0.2, 0.25) is 0 Å². The number of benzene rings is 3. The Bertz CT molecular complexity index is 1520. The second kappa shape index (κ2) is 8.03. The molecule has 2 aromatic heterocycles. The lowest BCUT2D eigenvalue weighted by molar-refractivity contribution is 0.596. The molecule has 2 N–H and O–H groups in total. The van der Waals surface area contributed by atoms with Crippen LogP contribution in [0.15, 0.2) is 96.2 Å². The van der Waals surface area contributed by atoms with Gasteiger partial charge in [-0.3, -0.25) is 4.79 Å². The average Bonchev–Trinajstić information content (AvgIpc) is 3.28. The summed E-state index contributed by atoms with van der Waals surface area (Å²) in [6.07, 6.45) is 3.53. The first-order valence-electron chi connectivity index (χ1n) is 10.6. The van der Waals surface area contributed by atoms with Crippen LogP contribution in [0.4, 0.5) is 0 Å². The van der Waals surface area contributed by atoms with Gasteiger partial charge in [0, 0.05) is 30.6 Å². The molecule has 0 fully saturated rings. The van der Waals surface area contributed by atoms with Crippen LogP contribution in [0.25, 0.3) is 22.0 Å². The third-order valence-electron chi connectivity index (χ3n) is 6.31. The second-order valence-electron chi connectivity index (χ2n) is 8.26. The van der Waals surface area contributed by atoms with Crippen LogP contribution >= 0.6 is 11.6 Å². The molecule has 164 valence electrons. The number of hydrogen-bond acceptors (Lipinski definition) is 3. The molecule has 0 radical (unpaired) electrons. The fourth-order valence-electron chi connectivity index (χ4n) is 4.48. The Hall–Kier alpha value is -3.67. The van der Waals surface area contributed by atoms with Crippen molar-refractivity contribution < 1.29 is 0 Å². The minimum Gasteiger partial charge on any atom is -0.336 e. The molecule has 0 unspecified atom stereocenters. The third kappa shape index (κ3) is 3.46. The Morgan fingerprint density at radius 2 is 1.61 bits per heavy atom. The monoisotopic (exact) mass is 454 g/mol. The van der Waals surface area contributed by atoms with Crippen molar-refractivity contribution in [3.8, 4) is 11.1 Å². The molecular weight excluding hydrogens is 432 g/mol. The summed E-state index contributed by atoms with van der Waals surface area (Å²) in [5.41, 5.74) is 11.5. The summed E-state index contributed by atoms with van der Waals surface area (Å²) in [5.74, 6) is 0. The summed E-state index contributed by atoms with van der Waals surface area (Å²) in [6.45, 7) is 0. The third-order valence-corrected chi connectivity index (χ3v) is 6.56. The van der Waals surface area contributed by atoms with E-state index in [1.165, 1.54) is 0 Å². The number of nitrogens with zero attached hydrogens (tertiary/aromatic N) is 3. The van der Waals surface area contributed by atoms with Crippen LogP contribution in [0, 0.1) is 0 Å². The highest BCUT2D eigenvalue weighted by Gasteiger charge is 2.35. The first-order valence-corrected chi connectivity index (χ1v) is 11.0. The molecule has 0 saturated carbocycles. The molecule has 0 amide bonds. The summed E-state index contributed by atoms with van der Waals surface area (Å²) in [5, 5.41) is 1.60. The molecule has 33 heavy (non-hydrogen) atoms. The normalized spacial score (nSPS) is 13.2. The average molecular weight is 455 g/mol. The zero-order valence-electron chi connectivity index (χ0n) is 18.4. The molecule has 3 aromatic carbocycles. The number of pyridine rings is 1. The van der Waals surface area contributed by atoms with Gasteiger partial charge in [0.25, 0.3) is 5.56 Å². The van der Waals surface area contributed by atoms with Gasteiger partial charge in [-0.15, -0.1) is 0 Å². The van der Waals surface area contributed by atoms with Crippen LogP contribution in [0.1, 0.15) is 16.8 Å². The fraction of sp³-hybridized carbons (Fsp3) is 0.111. The zero-order valence-corrected chi connectivity index (χ0v) is 19.1. The van der Waals surface area contributed by atoms with Crippen molar-refractivity contribution in [1.29, 1.82) is 0 Å². The van der Waals surface area contributed by atoms with Gasteiger partial charge in [-0.25, -0.2) is 4.98 Å². The maximum Gasteiger partial charge on any atom is 0.251 e. The van der Waals surface area contributed by atoms with Crippen LogP contribution < -0.4 is 11.3 Å². The van der Waals surface area contributed by atoms with Crippen molar-refractivity contribution >= 4 is 22.5 Å². The molecule has 5 rings (SSSR count). The van der Waals surface area contributed by atoms with Crippen molar-refractivity contribution in [2.24, 2.45) is 19.8 Å². The lowest BCUT2D eigenvalue weighted by Crippen LogP contribution is -2.41. The molecule has 2 heterocycles. The quantitative estimate of drug-likeness (QED) is 0.422.